The van der Waals surface area contributed by atoms with Gasteiger partial charge in [0.25, 0.3) is 0 Å². The fourth-order valence-electron chi connectivity index (χ4n) is 13.4. The van der Waals surface area contributed by atoms with Crippen LogP contribution in [0, 0.1) is 0 Å². The minimum atomic E-state index is -4.45. The molecule has 0 aliphatic rings. The van der Waals surface area contributed by atoms with Crippen LogP contribution in [0.1, 0.15) is 49.9 Å². The molecule has 9 nitrogen and oxygen atoms in total. The van der Waals surface area contributed by atoms with Crippen LogP contribution in [-0.4, -0.2) is 54.4 Å². The van der Waals surface area contributed by atoms with Gasteiger partial charge in [-0.1, -0.05) is 432 Å². The van der Waals surface area contributed by atoms with Gasteiger partial charge in [0.05, 0.1) is 30.1 Å². The second-order valence-corrected chi connectivity index (χ2v) is 37.6. The Kier molecular flexibility index (Phi) is 36.8. The van der Waals surface area contributed by atoms with Crippen LogP contribution in [0.3, 0.4) is 0 Å². The Balaban J connectivity index is 0.000000151. The van der Waals surface area contributed by atoms with Crippen LogP contribution >= 0.6 is 31.7 Å². The van der Waals surface area contributed by atoms with Crippen LogP contribution in [0.4, 0.5) is 38.1 Å². The summed E-state index contributed by atoms with van der Waals surface area (Å²) in [5.74, 6) is 0.949. The topological polar surface area (TPSA) is 128 Å². The fraction of sp³-hybridized carbons (Fsp3) is 0.0952. The summed E-state index contributed by atoms with van der Waals surface area (Å²) in [5.41, 5.74) is 1.71. The maximum atomic E-state index is 13.1. The summed E-state index contributed by atoms with van der Waals surface area (Å²) in [5, 5.41) is 50.0. The molecule has 638 valence electrons. The number of benzene rings is 15. The van der Waals surface area contributed by atoms with E-state index in [4.69, 9.17) is 10.0 Å². The van der Waals surface area contributed by atoms with Crippen molar-refractivity contribution in [1.29, 1.82) is 0 Å². The number of imidazole rings is 1. The maximum Gasteiger partial charge on any atom is 0.488 e. The van der Waals surface area contributed by atoms with Gasteiger partial charge in [-0.25, -0.2) is 4.98 Å². The smallest absolute Gasteiger partial charge is 0.423 e. The first-order valence-electron chi connectivity index (χ1n) is 40.9. The summed E-state index contributed by atoms with van der Waals surface area (Å²) in [6.45, 7) is 6.44. The van der Waals surface area contributed by atoms with Crippen molar-refractivity contribution >= 4 is 131 Å². The first-order chi connectivity index (χ1) is 60.9. The van der Waals surface area contributed by atoms with Crippen molar-refractivity contribution in [2.75, 3.05) is 17.2 Å². The third-order valence-electron chi connectivity index (χ3n) is 19.6. The normalized spacial score (nSPS) is 11.2. The van der Waals surface area contributed by atoms with E-state index in [0.717, 1.165) is 29.8 Å². The summed E-state index contributed by atoms with van der Waals surface area (Å²) in [6, 6.07) is 146. The number of alkyl halides is 6. The molecule has 0 unspecified atom stereocenters. The van der Waals surface area contributed by atoms with Crippen molar-refractivity contribution in [2.45, 2.75) is 58.2 Å². The van der Waals surface area contributed by atoms with Crippen molar-refractivity contribution in [3.05, 3.63) is 460 Å². The Morgan fingerprint density at radius 2 is 0.643 bits per heavy atom. The molecule has 2 heterocycles. The molecule has 0 radical (unpaired) electrons. The van der Waals surface area contributed by atoms with Gasteiger partial charge in [-0.3, -0.25) is 0 Å². The molecule has 0 saturated heterocycles. The predicted octanol–water partition coefficient (Wildman–Crippen LogP) is 20.0. The molecule has 5 N–H and O–H groups in total. The van der Waals surface area contributed by atoms with E-state index in [1.807, 2.05) is 37.5 Å². The van der Waals surface area contributed by atoms with Gasteiger partial charge < -0.3 is 30.4 Å². The number of rotatable bonds is 22. The molecule has 0 bridgehead atoms. The van der Waals surface area contributed by atoms with E-state index in [9.17, 15) is 31.4 Å². The zero-order valence-corrected chi connectivity index (χ0v) is 74.6. The molecule has 1 atom stereocenters. The van der Waals surface area contributed by atoms with Crippen LogP contribution < -0.4 is 79.8 Å². The van der Waals surface area contributed by atoms with Gasteiger partial charge in [-0.05, 0) is 150 Å². The van der Waals surface area contributed by atoms with Crippen molar-refractivity contribution in [2.24, 2.45) is 0 Å². The second kappa shape index (κ2) is 48.7. The molecule has 15 aromatic carbocycles. The molecule has 126 heavy (non-hydrogen) atoms. The first kappa shape index (κ1) is 95.0. The van der Waals surface area contributed by atoms with Gasteiger partial charge in [-0.15, -0.1) is 0 Å². The Labute approximate surface area is 753 Å². The maximum absolute atomic E-state index is 13.1. The molecule has 2 aromatic heterocycles. The summed E-state index contributed by atoms with van der Waals surface area (Å²) >= 11 is 0. The number of aromatic nitrogens is 4. The number of aliphatic hydroxyl groups excluding tert-OH is 1. The average Bonchev–Trinajstić information content (AvgIpc) is 1.61. The van der Waals surface area contributed by atoms with Crippen molar-refractivity contribution in [3.8, 4) is 11.1 Å². The van der Waals surface area contributed by atoms with Crippen LogP contribution in [-0.2, 0) is 39.3 Å². The van der Waals surface area contributed by atoms with Crippen LogP contribution in [0.5, 0.6) is 0 Å². The minimum absolute atomic E-state index is 0. The number of hydrogen-bond donors (Lipinski definition) is 5. The van der Waals surface area contributed by atoms with Crippen LogP contribution in [0.25, 0.3) is 22.3 Å². The first-order valence-corrected chi connectivity index (χ1v) is 46.2. The number of nitrogens with one attached hydrogen (secondary N) is 2. The molecular weight excluding hydrogens is 1750 g/mol. The largest absolute Gasteiger partial charge is 0.488 e. The van der Waals surface area contributed by atoms with E-state index in [2.05, 4.69) is 390 Å². The van der Waals surface area contributed by atoms with E-state index in [1.165, 1.54) is 75.8 Å². The van der Waals surface area contributed by atoms with Crippen molar-refractivity contribution < 1.29 is 61.9 Å². The van der Waals surface area contributed by atoms with Crippen molar-refractivity contribution in [3.63, 3.8) is 0 Å². The molecule has 0 saturated carbocycles. The van der Waals surface area contributed by atoms with Gasteiger partial charge in [0, 0.05) is 33.0 Å². The third-order valence-corrected chi connectivity index (χ3v) is 29.4. The quantitative estimate of drug-likeness (QED) is 0.0258. The molecule has 0 fully saturated rings. The Hall–Kier alpha value is -11.6. The summed E-state index contributed by atoms with van der Waals surface area (Å²) in [4.78, 5) is 13.7. The number of anilines is 2. The third kappa shape index (κ3) is 27.7. The number of hydrogen-bond acceptors (Lipinski definition) is 8. The molecule has 0 aliphatic carbocycles. The van der Waals surface area contributed by atoms with Gasteiger partial charge in [0.1, 0.15) is 0 Å². The van der Waals surface area contributed by atoms with Gasteiger partial charge >= 0.3 is 19.5 Å². The summed E-state index contributed by atoms with van der Waals surface area (Å²) < 4.78 is 77.3. The molecule has 0 spiro atoms. The second-order valence-electron chi connectivity index (χ2n) is 28.7. The van der Waals surface area contributed by atoms with Crippen molar-refractivity contribution in [1.82, 2.24) is 19.5 Å². The molecular formula is C105H95BF6N6O3P4Pd. The number of nitrogens with zero attached hydrogens (tertiary/aromatic N) is 4. The van der Waals surface area contributed by atoms with E-state index in [0.29, 0.717) is 53.1 Å². The number of fused-ring (bicyclic) bond motifs is 1. The minimum Gasteiger partial charge on any atom is -0.423 e. The van der Waals surface area contributed by atoms with Crippen LogP contribution in [0.2, 0.25) is 0 Å². The Bertz CT molecular complexity index is 5130. The zero-order chi connectivity index (χ0) is 87.6. The molecule has 21 heteroatoms. The van der Waals surface area contributed by atoms with E-state index < -0.39 is 62.3 Å². The molecule has 17 aromatic rings. The fourth-order valence-corrected chi connectivity index (χ4v) is 22.6. The van der Waals surface area contributed by atoms with Crippen LogP contribution in [0.15, 0.2) is 443 Å². The van der Waals surface area contributed by atoms with E-state index in [1.54, 1.807) is 24.5 Å². The Morgan fingerprint density at radius 1 is 0.357 bits per heavy atom. The van der Waals surface area contributed by atoms with Gasteiger partial charge in [0.2, 0.25) is 5.95 Å². The number of halogens is 6. The zero-order valence-electron chi connectivity index (χ0n) is 69.5. The van der Waals surface area contributed by atoms with Gasteiger partial charge in [0.15, 0.2) is 17.0 Å². The predicted molar refractivity (Wildman–Crippen MR) is 517 cm³/mol. The molecule has 0 aliphatic heterocycles. The summed E-state index contributed by atoms with van der Waals surface area (Å²) in [6.07, 6.45) is -6.40. The van der Waals surface area contributed by atoms with Gasteiger partial charge in [-0.2, -0.15) is 36.3 Å². The molecule has 17 rings (SSSR count). The standard InChI is InChI=1S/C26H29F3N6O.4C18H15P.C7H6BF3O2.Pd/c1-4-21(14-36)32-25-33-23(22-24(34-25)35(15-31-22)16(2)3)30-13-17-8-10-18(11-9-17)19-6-5-7-20(12-19)26(27,28)29;4*1-4-10-16(11-5-1)19(17-12-6-2-7-13-17)18-14-8-3-9-15-18;9-7(10,11)5-2-1-3-6(4-5)8(12)13;/h5-12,15-16,21,36H,4,13-14H2,1-3H3,(H2,30,32,33,34);4*1-15H;1-4,12-13H;/t21-;;;;;;/m1....../s1. The molecule has 0 amide bonds. The average molecular weight is 1840 g/mol. The Morgan fingerprint density at radius 3 is 0.905 bits per heavy atom. The monoisotopic (exact) mass is 1840 g/mol. The van der Waals surface area contributed by atoms with E-state index >= 15 is 0 Å². The number of aliphatic hydroxyl groups is 1. The van der Waals surface area contributed by atoms with E-state index in [-0.39, 0.29) is 44.6 Å². The SMILES string of the molecule is CC[C@H](CO)Nc1nc(NCc2ccc(-c3cccc(C(F)(F)F)c3)cc2)c2ncn(C(C)C)c2n1.OB(O)c1cccc(C(F)(F)F)c1.[Pd].c1ccc(P(c2ccccc2)c2ccccc2)cc1.c1ccc(P(c2ccccc2)c2ccccc2)cc1.c1ccc(P(c2ccccc2)c2ccccc2)cc1.c1ccc(P(c2ccccc2)c2ccccc2)cc1. The summed E-state index contributed by atoms with van der Waals surface area (Å²) in [7, 11) is -3.66.